The van der Waals surface area contributed by atoms with E-state index in [-0.39, 0.29) is 98.0 Å². The van der Waals surface area contributed by atoms with Crippen LogP contribution < -0.4 is 68.9 Å². The van der Waals surface area contributed by atoms with Crippen LogP contribution in [0.1, 0.15) is 364 Å². The van der Waals surface area contributed by atoms with E-state index in [1.165, 1.54) is 180 Å². The van der Waals surface area contributed by atoms with Crippen molar-refractivity contribution in [1.29, 1.82) is 0 Å². The molecule has 0 rings (SSSR count). The number of unbranched alkanes of at least 4 members (excludes halogenated alkanes) is 40. The summed E-state index contributed by atoms with van der Waals surface area (Å²) in [7, 11) is -9.87. The van der Waals surface area contributed by atoms with Crippen LogP contribution in [0.5, 0.6) is 0 Å². The molecule has 0 aliphatic rings. The van der Waals surface area contributed by atoms with Crippen LogP contribution in [0.4, 0.5) is 0 Å². The monoisotopic (exact) mass is 1520 g/mol. The first kappa shape index (κ1) is 107. The molecule has 4 unspecified atom stereocenters. The number of esters is 6. The van der Waals surface area contributed by atoms with Crippen LogP contribution in [0.15, 0.2) is 0 Å². The van der Waals surface area contributed by atoms with Crippen molar-refractivity contribution in [3.63, 3.8) is 0 Å². The molecule has 2 N–H and O–H groups in total. The maximum atomic E-state index is 12.7. The van der Waals surface area contributed by atoms with Gasteiger partial charge in [-0.05, 0) is 25.7 Å². The van der Waals surface area contributed by atoms with Crippen molar-refractivity contribution in [3.8, 4) is 0 Å². The second-order valence-electron chi connectivity index (χ2n) is 27.6. The first-order valence-corrected chi connectivity index (χ1v) is 42.5. The molecule has 0 aliphatic heterocycles. The van der Waals surface area contributed by atoms with Crippen LogP contribution in [-0.2, 0) is 84.4 Å². The number of phosphoric ester groups is 2. The molecule has 22 nitrogen and oxygen atoms in total. The van der Waals surface area contributed by atoms with E-state index in [9.17, 15) is 52.8 Å². The minimum absolute atomic E-state index is 0. The Kier molecular flexibility index (Phi) is 80.7. The molecule has 102 heavy (non-hydrogen) atoms. The Morgan fingerprint density at radius 1 is 0.304 bits per heavy atom. The Morgan fingerprint density at radius 2 is 0.520 bits per heavy atom. The van der Waals surface area contributed by atoms with Gasteiger partial charge in [0.1, 0.15) is 25.9 Å². The molecule has 0 aromatic rings. The van der Waals surface area contributed by atoms with Crippen LogP contribution >= 0.6 is 15.6 Å². The molecular formula is C76H144Na2O22P2. The second-order valence-corrected chi connectivity index (χ2v) is 30.5. The molecule has 0 aromatic carbocycles. The predicted octanol–water partition coefficient (Wildman–Crippen LogP) is 11.8. The third kappa shape index (κ3) is 75.8. The smallest absolute Gasteiger partial charge is 0.756 e. The first-order valence-electron chi connectivity index (χ1n) is 39.6. The van der Waals surface area contributed by atoms with E-state index in [0.29, 0.717) is 25.7 Å². The van der Waals surface area contributed by atoms with Gasteiger partial charge in [-0.15, -0.1) is 0 Å². The van der Waals surface area contributed by atoms with E-state index in [1.807, 2.05) is 0 Å². The van der Waals surface area contributed by atoms with Gasteiger partial charge in [0.05, 0.1) is 44.9 Å². The zero-order valence-electron chi connectivity index (χ0n) is 66.0. The van der Waals surface area contributed by atoms with Crippen molar-refractivity contribution in [3.05, 3.63) is 0 Å². The Labute approximate surface area is 662 Å². The van der Waals surface area contributed by atoms with E-state index >= 15 is 0 Å². The van der Waals surface area contributed by atoms with Gasteiger partial charge < -0.3 is 66.5 Å². The minimum Gasteiger partial charge on any atom is -0.756 e. The van der Waals surface area contributed by atoms with Gasteiger partial charge in [-0.1, -0.05) is 312 Å². The number of hydrogen-bond donors (Lipinski definition) is 2. The fourth-order valence-electron chi connectivity index (χ4n) is 10.6. The van der Waals surface area contributed by atoms with Crippen LogP contribution in [0.25, 0.3) is 0 Å². The van der Waals surface area contributed by atoms with Gasteiger partial charge in [0.2, 0.25) is 0 Å². The van der Waals surface area contributed by atoms with E-state index < -0.39 is 127 Å². The molecular weight excluding hydrogens is 1370 g/mol. The topological polar surface area (TPSA) is 315 Å². The molecule has 592 valence electrons. The number of carbonyl (C=O) groups is 6. The molecule has 0 aromatic heterocycles. The number of rotatable bonds is 72. The quantitative estimate of drug-likeness (QED) is 0.0188. The number of ether oxygens (including phenoxy) is 6. The molecule has 0 bridgehead atoms. The molecule has 0 amide bonds. The summed E-state index contributed by atoms with van der Waals surface area (Å²) in [5.41, 5.74) is 0. The van der Waals surface area contributed by atoms with Crippen molar-refractivity contribution in [2.24, 2.45) is 11.8 Å². The summed E-state index contributed by atoms with van der Waals surface area (Å²) in [5, 5.41) is 18.2. The standard InChI is InChI=1S/C42H79O12P.C34H67O10P.2Na/c1-7-9-11-13-15-17-19-21-23-25-27-29-39(43)49-31-37(53-40(44)30-28-26-24-22-20-18-16-14-12-10-8-2)33-51-55(47,48)52-34-38(54-42(46)36(5)6)32-50-41(45)35(3)4;1-3-5-7-9-11-13-15-17-19-21-23-25-33(37)41-29-32(30-43-45(39,40)42-28-31(36)27-35)44-34(38)26-24-22-20-18-16-14-12-10-8-6-4-2;;/h35-38H,7-34H2,1-6H3,(H,47,48);31-32,35-36H,3-30H2,1-2H3,(H,39,40);;/q;;2*+1/p-2/t37-,38?;31?,32-;;/m11../s1. The van der Waals surface area contributed by atoms with Crippen LogP contribution in [0.2, 0.25) is 0 Å². The molecule has 26 heteroatoms. The van der Waals surface area contributed by atoms with Crippen molar-refractivity contribution < 1.29 is 164 Å². The van der Waals surface area contributed by atoms with Crippen LogP contribution in [-0.4, -0.2) is 123 Å². The van der Waals surface area contributed by atoms with Crippen LogP contribution in [0.3, 0.4) is 0 Å². The van der Waals surface area contributed by atoms with E-state index in [2.05, 4.69) is 32.2 Å². The molecule has 0 radical (unpaired) electrons. The molecule has 0 saturated carbocycles. The summed E-state index contributed by atoms with van der Waals surface area (Å²) in [5.74, 6) is -4.10. The van der Waals surface area contributed by atoms with Gasteiger partial charge in [0, 0.05) is 25.7 Å². The fraction of sp³-hybridized carbons (Fsp3) is 0.921. The van der Waals surface area contributed by atoms with Gasteiger partial charge in [-0.2, -0.15) is 0 Å². The second kappa shape index (κ2) is 76.7. The summed E-state index contributed by atoms with van der Waals surface area (Å²) in [6.07, 6.45) is 46.4. The zero-order chi connectivity index (χ0) is 74.6. The molecule has 0 aliphatic carbocycles. The van der Waals surface area contributed by atoms with Gasteiger partial charge >= 0.3 is 94.9 Å². The van der Waals surface area contributed by atoms with Crippen molar-refractivity contribution >= 4 is 51.5 Å². The van der Waals surface area contributed by atoms with E-state index in [0.717, 1.165) is 77.0 Å². The normalized spacial score (nSPS) is 13.6. The van der Waals surface area contributed by atoms with E-state index in [4.69, 9.17) is 47.1 Å². The van der Waals surface area contributed by atoms with Crippen LogP contribution in [0, 0.1) is 11.8 Å². The average Bonchev–Trinajstić information content (AvgIpc) is 0.906. The molecule has 0 saturated heterocycles. The van der Waals surface area contributed by atoms with Gasteiger partial charge in [-0.25, -0.2) is 0 Å². The summed E-state index contributed by atoms with van der Waals surface area (Å²) < 4.78 is 76.1. The Bertz CT molecular complexity index is 2060. The SMILES string of the molecule is CCCCCCCCCCCCCC(=O)OC[C@H](COP(=O)([O-])OCC(COC(=O)C(C)C)OC(=O)C(C)C)OC(=O)CCCCCCCCCCCCC.CCCCCCCCCCCCCC(=O)OC[C@H](COP(=O)([O-])OCC(O)CO)OC(=O)CCCCCCCCCCCCC.[Na+].[Na+]. The average molecular weight is 1520 g/mol. The largest absolute Gasteiger partial charge is 1.00 e. The van der Waals surface area contributed by atoms with E-state index in [1.54, 1.807) is 27.7 Å². The van der Waals surface area contributed by atoms with Gasteiger partial charge in [-0.3, -0.25) is 37.9 Å². The zero-order valence-corrected chi connectivity index (χ0v) is 71.8. The fourth-order valence-corrected chi connectivity index (χ4v) is 12.1. The predicted molar refractivity (Wildman–Crippen MR) is 389 cm³/mol. The Hall–Kier alpha value is -1.04. The van der Waals surface area contributed by atoms with Crippen molar-refractivity contribution in [2.75, 3.05) is 52.9 Å². The Morgan fingerprint density at radius 3 is 0.765 bits per heavy atom. The Balaban J connectivity index is -0.000000941. The third-order valence-corrected chi connectivity index (χ3v) is 18.8. The summed E-state index contributed by atoms with van der Waals surface area (Å²) in [6, 6.07) is 0. The molecule has 0 fully saturated rings. The number of hydrogen-bond acceptors (Lipinski definition) is 22. The summed E-state index contributed by atoms with van der Waals surface area (Å²) >= 11 is 0. The van der Waals surface area contributed by atoms with Crippen molar-refractivity contribution in [2.45, 2.75) is 388 Å². The maximum absolute atomic E-state index is 12.7. The molecule has 0 heterocycles. The van der Waals surface area contributed by atoms with Crippen molar-refractivity contribution in [1.82, 2.24) is 0 Å². The number of aliphatic hydroxyl groups excluding tert-OH is 2. The number of phosphoric acid groups is 2. The number of carbonyl (C=O) groups excluding carboxylic acids is 6. The first-order chi connectivity index (χ1) is 48.0. The summed E-state index contributed by atoms with van der Waals surface area (Å²) in [6.45, 7) is 11.0. The third-order valence-electron chi connectivity index (χ3n) is 16.9. The maximum Gasteiger partial charge on any atom is 1.00 e. The minimum atomic E-state index is -5.03. The molecule has 0 spiro atoms. The van der Waals surface area contributed by atoms with Gasteiger partial charge in [0.25, 0.3) is 15.6 Å². The summed E-state index contributed by atoms with van der Waals surface area (Å²) in [4.78, 5) is 98.9. The number of aliphatic hydroxyl groups is 2. The molecule has 6 atom stereocenters. The van der Waals surface area contributed by atoms with Gasteiger partial charge in [0.15, 0.2) is 18.3 Å².